The van der Waals surface area contributed by atoms with Gasteiger partial charge in [-0.2, -0.15) is 0 Å². The maximum atomic E-state index is 3.76. The average molecular weight is 153 g/mol. The first kappa shape index (κ1) is 7.60. The lowest BCUT2D eigenvalue weighted by molar-refractivity contribution is 0.172. The molecular formula is C10H19N. The summed E-state index contributed by atoms with van der Waals surface area (Å²) in [5, 5.41) is 3.76. The molecule has 2 bridgehead atoms. The van der Waals surface area contributed by atoms with Crippen LogP contribution in [0.5, 0.6) is 0 Å². The van der Waals surface area contributed by atoms with Crippen molar-refractivity contribution < 1.29 is 0 Å². The third-order valence-corrected chi connectivity index (χ3v) is 3.28. The Morgan fingerprint density at radius 3 is 2.55 bits per heavy atom. The zero-order valence-electron chi connectivity index (χ0n) is 7.91. The monoisotopic (exact) mass is 153 g/mol. The van der Waals surface area contributed by atoms with Crippen LogP contribution < -0.4 is 5.32 Å². The summed E-state index contributed by atoms with van der Waals surface area (Å²) in [7, 11) is 0. The van der Waals surface area contributed by atoms with Crippen molar-refractivity contribution in [3.63, 3.8) is 0 Å². The molecule has 2 aliphatic rings. The van der Waals surface area contributed by atoms with E-state index >= 15 is 0 Å². The van der Waals surface area contributed by atoms with Crippen LogP contribution in [0.4, 0.5) is 0 Å². The van der Waals surface area contributed by atoms with Gasteiger partial charge in [-0.15, -0.1) is 0 Å². The summed E-state index contributed by atoms with van der Waals surface area (Å²) >= 11 is 0. The average Bonchev–Trinajstić information content (AvgIpc) is 2.03. The maximum Gasteiger partial charge on any atom is 0.0161 e. The van der Waals surface area contributed by atoms with Gasteiger partial charge < -0.3 is 5.32 Å². The van der Waals surface area contributed by atoms with E-state index in [1.807, 2.05) is 0 Å². The molecule has 11 heavy (non-hydrogen) atoms. The van der Waals surface area contributed by atoms with Gasteiger partial charge in [-0.05, 0) is 52.4 Å². The molecule has 0 amide bonds. The van der Waals surface area contributed by atoms with Crippen molar-refractivity contribution in [1.82, 2.24) is 5.32 Å². The maximum absolute atomic E-state index is 3.76. The first-order chi connectivity index (χ1) is 4.99. The number of nitrogens with one attached hydrogen (secondary N) is 1. The van der Waals surface area contributed by atoms with E-state index < -0.39 is 0 Å². The second-order valence-corrected chi connectivity index (χ2v) is 5.38. The molecule has 1 aliphatic heterocycles. The summed E-state index contributed by atoms with van der Waals surface area (Å²) in [5.74, 6) is 1.01. The van der Waals surface area contributed by atoms with Crippen molar-refractivity contribution in [3.05, 3.63) is 0 Å². The van der Waals surface area contributed by atoms with Gasteiger partial charge in [0.05, 0.1) is 0 Å². The minimum Gasteiger partial charge on any atom is -0.307 e. The molecule has 2 fully saturated rings. The lowest BCUT2D eigenvalue weighted by atomic mass is 9.81. The standard InChI is InChI=1S/C10H19N/c1-9(2)6-8-4-5-10(3,7-8)11-9/h8,11H,4-7H2,1-3H3. The second-order valence-electron chi connectivity index (χ2n) is 5.38. The predicted molar refractivity (Wildman–Crippen MR) is 47.6 cm³/mol. The van der Waals surface area contributed by atoms with Crippen LogP contribution in [0, 0.1) is 5.92 Å². The van der Waals surface area contributed by atoms with Crippen LogP contribution in [0.3, 0.4) is 0 Å². The van der Waals surface area contributed by atoms with Crippen LogP contribution >= 0.6 is 0 Å². The summed E-state index contributed by atoms with van der Waals surface area (Å²) in [5.41, 5.74) is 0.876. The van der Waals surface area contributed by atoms with E-state index in [-0.39, 0.29) is 0 Å². The highest BCUT2D eigenvalue weighted by molar-refractivity contribution is 5.03. The Morgan fingerprint density at radius 2 is 1.91 bits per heavy atom. The summed E-state index contributed by atoms with van der Waals surface area (Å²) in [6, 6.07) is 0. The van der Waals surface area contributed by atoms with E-state index in [1.54, 1.807) is 0 Å². The van der Waals surface area contributed by atoms with Crippen molar-refractivity contribution in [2.75, 3.05) is 0 Å². The number of hydrogen-bond acceptors (Lipinski definition) is 1. The fourth-order valence-electron chi connectivity index (χ4n) is 3.24. The zero-order valence-corrected chi connectivity index (χ0v) is 7.91. The molecule has 0 aromatic heterocycles. The number of rotatable bonds is 0. The normalized spacial score (nSPS) is 47.7. The van der Waals surface area contributed by atoms with Crippen LogP contribution in [0.2, 0.25) is 0 Å². The minimum absolute atomic E-state index is 0.397. The Labute approximate surface area is 69.6 Å². The van der Waals surface area contributed by atoms with Gasteiger partial charge in [0, 0.05) is 11.1 Å². The Hall–Kier alpha value is -0.0400. The number of fused-ring (bicyclic) bond motifs is 2. The highest BCUT2D eigenvalue weighted by atomic mass is 15.1. The second kappa shape index (κ2) is 2.01. The number of piperidine rings is 1. The van der Waals surface area contributed by atoms with E-state index in [4.69, 9.17) is 0 Å². The fourth-order valence-corrected chi connectivity index (χ4v) is 3.24. The molecule has 0 aromatic carbocycles. The molecule has 64 valence electrons. The predicted octanol–water partition coefficient (Wildman–Crippen LogP) is 2.32. The first-order valence-corrected chi connectivity index (χ1v) is 4.79. The summed E-state index contributed by atoms with van der Waals surface area (Å²) < 4.78 is 0. The SMILES string of the molecule is CC1(C)CC2CCC(C)(C2)N1. The lowest BCUT2D eigenvalue weighted by Gasteiger charge is -2.42. The highest BCUT2D eigenvalue weighted by Crippen LogP contribution is 2.44. The van der Waals surface area contributed by atoms with Gasteiger partial charge in [0.1, 0.15) is 0 Å². The van der Waals surface area contributed by atoms with E-state index in [2.05, 4.69) is 26.1 Å². The van der Waals surface area contributed by atoms with Gasteiger partial charge in [-0.1, -0.05) is 0 Å². The van der Waals surface area contributed by atoms with Gasteiger partial charge in [-0.3, -0.25) is 0 Å². The van der Waals surface area contributed by atoms with Crippen LogP contribution in [0.1, 0.15) is 46.5 Å². The molecule has 2 unspecified atom stereocenters. The van der Waals surface area contributed by atoms with E-state index in [1.165, 1.54) is 25.7 Å². The molecule has 1 nitrogen and oxygen atoms in total. The lowest BCUT2D eigenvalue weighted by Crippen LogP contribution is -2.55. The van der Waals surface area contributed by atoms with Crippen molar-refractivity contribution in [3.8, 4) is 0 Å². The number of hydrogen-bond donors (Lipinski definition) is 1. The van der Waals surface area contributed by atoms with Crippen LogP contribution in [-0.2, 0) is 0 Å². The Kier molecular flexibility index (Phi) is 1.39. The molecule has 2 rings (SSSR count). The van der Waals surface area contributed by atoms with Crippen molar-refractivity contribution in [2.24, 2.45) is 5.92 Å². The highest BCUT2D eigenvalue weighted by Gasteiger charge is 2.44. The molecule has 1 saturated carbocycles. The topological polar surface area (TPSA) is 12.0 Å². The molecule has 1 heteroatoms. The smallest absolute Gasteiger partial charge is 0.0161 e. The first-order valence-electron chi connectivity index (χ1n) is 4.79. The van der Waals surface area contributed by atoms with Gasteiger partial charge in [0.25, 0.3) is 0 Å². The molecule has 2 atom stereocenters. The third-order valence-electron chi connectivity index (χ3n) is 3.28. The summed E-state index contributed by atoms with van der Waals surface area (Å²) in [6.07, 6.45) is 5.63. The van der Waals surface area contributed by atoms with Crippen molar-refractivity contribution in [1.29, 1.82) is 0 Å². The van der Waals surface area contributed by atoms with Gasteiger partial charge in [-0.25, -0.2) is 0 Å². The van der Waals surface area contributed by atoms with Gasteiger partial charge in [0.15, 0.2) is 0 Å². The third kappa shape index (κ3) is 1.31. The molecule has 0 aromatic rings. The van der Waals surface area contributed by atoms with E-state index in [0.717, 1.165) is 5.92 Å². The molecule has 1 aliphatic carbocycles. The molecule has 1 heterocycles. The molecule has 1 N–H and O–H groups in total. The Bertz CT molecular complexity index is 174. The van der Waals surface area contributed by atoms with E-state index in [9.17, 15) is 0 Å². The summed E-state index contributed by atoms with van der Waals surface area (Å²) in [6.45, 7) is 7.05. The largest absolute Gasteiger partial charge is 0.307 e. The quantitative estimate of drug-likeness (QED) is 0.563. The summed E-state index contributed by atoms with van der Waals surface area (Å²) in [4.78, 5) is 0. The van der Waals surface area contributed by atoms with Crippen molar-refractivity contribution >= 4 is 0 Å². The molecule has 0 radical (unpaired) electrons. The van der Waals surface area contributed by atoms with E-state index in [0.29, 0.717) is 11.1 Å². The van der Waals surface area contributed by atoms with Crippen molar-refractivity contribution in [2.45, 2.75) is 57.5 Å². The fraction of sp³-hybridized carbons (Fsp3) is 1.00. The molecular weight excluding hydrogens is 134 g/mol. The minimum atomic E-state index is 0.397. The van der Waals surface area contributed by atoms with Gasteiger partial charge >= 0.3 is 0 Å². The molecule has 0 spiro atoms. The van der Waals surface area contributed by atoms with Gasteiger partial charge in [0.2, 0.25) is 0 Å². The Balaban J connectivity index is 2.19. The van der Waals surface area contributed by atoms with Crippen LogP contribution in [-0.4, -0.2) is 11.1 Å². The van der Waals surface area contributed by atoms with Crippen LogP contribution in [0.25, 0.3) is 0 Å². The van der Waals surface area contributed by atoms with Crippen LogP contribution in [0.15, 0.2) is 0 Å². The molecule has 1 saturated heterocycles. The Morgan fingerprint density at radius 1 is 1.18 bits per heavy atom. The zero-order chi connectivity index (χ0) is 8.11.